The highest BCUT2D eigenvalue weighted by molar-refractivity contribution is 7.98. The van der Waals surface area contributed by atoms with E-state index >= 15 is 0 Å². The summed E-state index contributed by atoms with van der Waals surface area (Å²) in [5.41, 5.74) is 3.32. The second kappa shape index (κ2) is 7.84. The number of aliphatic hydroxyl groups excluding tert-OH is 1. The Kier molecular flexibility index (Phi) is 5.57. The summed E-state index contributed by atoms with van der Waals surface area (Å²) in [6.45, 7) is 0.0496. The maximum atomic E-state index is 9.00. The second-order valence-electron chi connectivity index (χ2n) is 6.00. The molecule has 1 aromatic carbocycles. The predicted octanol–water partition coefficient (Wildman–Crippen LogP) is 4.78. The Hall–Kier alpha value is -1.52. The topological polar surface area (TPSA) is 38.1 Å². The summed E-state index contributed by atoms with van der Waals surface area (Å²) in [7, 11) is 0. The van der Waals surface area contributed by atoms with E-state index in [2.05, 4.69) is 41.3 Å². The second-order valence-corrected chi connectivity index (χ2v) is 6.88. The molecule has 3 rings (SSSR count). The average Bonchev–Trinajstić information content (AvgIpc) is 3.05. The summed E-state index contributed by atoms with van der Waals surface area (Å²) in [5.74, 6) is 0. The lowest BCUT2D eigenvalue weighted by molar-refractivity contribution is 0.332. The van der Waals surface area contributed by atoms with E-state index in [0.29, 0.717) is 6.04 Å². The monoisotopic (exact) mass is 328 g/mol. The average molecular weight is 328 g/mol. The molecule has 0 amide bonds. The Bertz CT molecular complexity index is 655. The van der Waals surface area contributed by atoms with Crippen molar-refractivity contribution in [2.45, 2.75) is 43.0 Å². The molecule has 4 heteroatoms. The van der Waals surface area contributed by atoms with Gasteiger partial charge < -0.3 is 5.11 Å². The van der Waals surface area contributed by atoms with Gasteiger partial charge in [0.05, 0.1) is 24.0 Å². The molecule has 122 valence electrons. The summed E-state index contributed by atoms with van der Waals surface area (Å²) >= 11 is 1.76. The van der Waals surface area contributed by atoms with E-state index in [-0.39, 0.29) is 6.61 Å². The molecule has 23 heavy (non-hydrogen) atoms. The van der Waals surface area contributed by atoms with Gasteiger partial charge in [0, 0.05) is 4.90 Å². The minimum Gasteiger partial charge on any atom is -0.392 e. The molecule has 0 radical (unpaired) electrons. The Labute approximate surface area is 142 Å². The third kappa shape index (κ3) is 3.88. The van der Waals surface area contributed by atoms with Gasteiger partial charge >= 0.3 is 0 Å². The van der Waals surface area contributed by atoms with E-state index in [1.165, 1.54) is 48.3 Å². The third-order valence-corrected chi connectivity index (χ3v) is 5.20. The van der Waals surface area contributed by atoms with Crippen LogP contribution in [0.2, 0.25) is 0 Å². The normalized spacial score (nSPS) is 16.3. The van der Waals surface area contributed by atoms with Crippen LogP contribution in [0.4, 0.5) is 0 Å². The van der Waals surface area contributed by atoms with Crippen LogP contribution in [0.25, 0.3) is 17.3 Å². The molecular formula is C19H24N2OS. The number of benzene rings is 1. The van der Waals surface area contributed by atoms with E-state index in [0.717, 1.165) is 5.69 Å². The first-order valence-electron chi connectivity index (χ1n) is 8.33. The number of rotatable bonds is 5. The fraction of sp³-hybridized carbons (Fsp3) is 0.421. The SMILES string of the molecule is CSc1ccc(-c2cc(C=CCO)nn2C2CCCCC2)cc1. The van der Waals surface area contributed by atoms with Crippen LogP contribution in [0.5, 0.6) is 0 Å². The van der Waals surface area contributed by atoms with Crippen molar-refractivity contribution in [1.82, 2.24) is 9.78 Å². The molecule has 0 atom stereocenters. The van der Waals surface area contributed by atoms with Crippen molar-refractivity contribution >= 4 is 17.8 Å². The zero-order valence-corrected chi connectivity index (χ0v) is 14.4. The van der Waals surface area contributed by atoms with E-state index in [1.54, 1.807) is 17.8 Å². The van der Waals surface area contributed by atoms with Gasteiger partial charge in [0.2, 0.25) is 0 Å². The minimum absolute atomic E-state index is 0.0496. The van der Waals surface area contributed by atoms with Crippen molar-refractivity contribution in [3.8, 4) is 11.3 Å². The highest BCUT2D eigenvalue weighted by Crippen LogP contribution is 2.33. The van der Waals surface area contributed by atoms with Crippen molar-refractivity contribution in [2.24, 2.45) is 0 Å². The molecule has 0 saturated heterocycles. The maximum absolute atomic E-state index is 9.00. The molecule has 0 aliphatic heterocycles. The maximum Gasteiger partial charge on any atom is 0.0855 e. The molecule has 1 fully saturated rings. The largest absolute Gasteiger partial charge is 0.392 e. The number of hydrogen-bond donors (Lipinski definition) is 1. The molecule has 0 bridgehead atoms. The van der Waals surface area contributed by atoms with E-state index in [9.17, 15) is 0 Å². The van der Waals surface area contributed by atoms with E-state index in [1.807, 2.05) is 6.08 Å². The summed E-state index contributed by atoms with van der Waals surface area (Å²) in [4.78, 5) is 1.28. The Balaban J connectivity index is 1.97. The number of nitrogens with zero attached hydrogens (tertiary/aromatic N) is 2. The van der Waals surface area contributed by atoms with Gasteiger partial charge in [0.25, 0.3) is 0 Å². The van der Waals surface area contributed by atoms with Crippen LogP contribution in [0, 0.1) is 0 Å². The van der Waals surface area contributed by atoms with Gasteiger partial charge in [-0.1, -0.05) is 37.5 Å². The molecule has 1 heterocycles. The first kappa shape index (κ1) is 16.3. The molecule has 0 unspecified atom stereocenters. The van der Waals surface area contributed by atoms with Crippen molar-refractivity contribution in [3.05, 3.63) is 42.1 Å². The molecule has 1 aliphatic rings. The molecule has 2 aromatic rings. The summed E-state index contributed by atoms with van der Waals surface area (Å²) in [6, 6.07) is 11.3. The smallest absolute Gasteiger partial charge is 0.0855 e. The molecule has 1 aliphatic carbocycles. The van der Waals surface area contributed by atoms with Gasteiger partial charge in [-0.15, -0.1) is 11.8 Å². The van der Waals surface area contributed by atoms with Crippen LogP contribution in [0.3, 0.4) is 0 Å². The van der Waals surface area contributed by atoms with E-state index in [4.69, 9.17) is 10.2 Å². The van der Waals surface area contributed by atoms with Gasteiger partial charge in [-0.25, -0.2) is 0 Å². The number of thioether (sulfide) groups is 1. The van der Waals surface area contributed by atoms with Crippen molar-refractivity contribution in [2.75, 3.05) is 12.9 Å². The van der Waals surface area contributed by atoms with Gasteiger partial charge in [-0.3, -0.25) is 4.68 Å². The Morgan fingerprint density at radius 3 is 2.61 bits per heavy atom. The Morgan fingerprint density at radius 1 is 1.22 bits per heavy atom. The summed E-state index contributed by atoms with van der Waals surface area (Å²) < 4.78 is 2.21. The Morgan fingerprint density at radius 2 is 1.96 bits per heavy atom. The molecule has 3 nitrogen and oxygen atoms in total. The molecular weight excluding hydrogens is 304 g/mol. The van der Waals surface area contributed by atoms with Gasteiger partial charge in [0.1, 0.15) is 0 Å². The van der Waals surface area contributed by atoms with Crippen molar-refractivity contribution < 1.29 is 5.11 Å². The number of hydrogen-bond acceptors (Lipinski definition) is 3. The molecule has 0 spiro atoms. The lowest BCUT2D eigenvalue weighted by atomic mass is 9.95. The quantitative estimate of drug-likeness (QED) is 0.803. The lowest BCUT2D eigenvalue weighted by Gasteiger charge is -2.24. The zero-order chi connectivity index (χ0) is 16.1. The van der Waals surface area contributed by atoms with E-state index < -0.39 is 0 Å². The number of aliphatic hydroxyl groups is 1. The fourth-order valence-electron chi connectivity index (χ4n) is 3.25. The molecule has 1 aromatic heterocycles. The van der Waals surface area contributed by atoms with Crippen LogP contribution in [-0.2, 0) is 0 Å². The van der Waals surface area contributed by atoms with Crippen molar-refractivity contribution in [3.63, 3.8) is 0 Å². The van der Waals surface area contributed by atoms with Crippen LogP contribution in [-0.4, -0.2) is 27.7 Å². The lowest BCUT2D eigenvalue weighted by Crippen LogP contribution is -2.15. The summed E-state index contributed by atoms with van der Waals surface area (Å²) in [5, 5.41) is 13.8. The van der Waals surface area contributed by atoms with Gasteiger partial charge in [-0.2, -0.15) is 5.10 Å². The predicted molar refractivity (Wildman–Crippen MR) is 97.7 cm³/mol. The van der Waals surface area contributed by atoms with Crippen LogP contribution in [0.1, 0.15) is 43.8 Å². The highest BCUT2D eigenvalue weighted by atomic mass is 32.2. The first-order chi connectivity index (χ1) is 11.3. The van der Waals surface area contributed by atoms with Crippen LogP contribution < -0.4 is 0 Å². The molecule has 1 N–H and O–H groups in total. The van der Waals surface area contributed by atoms with Gasteiger partial charge in [0.15, 0.2) is 0 Å². The standard InChI is InChI=1S/C19H24N2OS/c1-23-18-11-9-15(10-12-18)19-14-16(6-5-13-22)20-21(19)17-7-3-2-4-8-17/h5-6,9-12,14,17,22H,2-4,7-8,13H2,1H3. The van der Waals surface area contributed by atoms with Crippen LogP contribution in [0.15, 0.2) is 41.3 Å². The summed E-state index contributed by atoms with van der Waals surface area (Å²) in [6.07, 6.45) is 12.1. The van der Waals surface area contributed by atoms with Gasteiger partial charge in [-0.05, 0) is 48.9 Å². The first-order valence-corrected chi connectivity index (χ1v) is 9.55. The van der Waals surface area contributed by atoms with Crippen LogP contribution >= 0.6 is 11.8 Å². The van der Waals surface area contributed by atoms with Crippen molar-refractivity contribution in [1.29, 1.82) is 0 Å². The number of aromatic nitrogens is 2. The molecule has 1 saturated carbocycles. The zero-order valence-electron chi connectivity index (χ0n) is 13.6. The third-order valence-electron chi connectivity index (χ3n) is 4.46. The minimum atomic E-state index is 0.0496. The highest BCUT2D eigenvalue weighted by Gasteiger charge is 2.20. The fourth-order valence-corrected chi connectivity index (χ4v) is 3.66.